The molecule has 1 aromatic heterocycles. The minimum Gasteiger partial charge on any atom is -0.469 e. The van der Waals surface area contributed by atoms with Gasteiger partial charge in [0.05, 0.1) is 11.8 Å². The summed E-state index contributed by atoms with van der Waals surface area (Å²) in [5.41, 5.74) is 6.55. The van der Waals surface area contributed by atoms with Crippen molar-refractivity contribution in [1.29, 1.82) is 0 Å². The van der Waals surface area contributed by atoms with Gasteiger partial charge in [0.15, 0.2) is 10.8 Å². The van der Waals surface area contributed by atoms with Crippen LogP contribution < -0.4 is 10.6 Å². The molecule has 13 heteroatoms. The lowest BCUT2D eigenvalue weighted by atomic mass is 9.77. The summed E-state index contributed by atoms with van der Waals surface area (Å²) in [5.74, 6) is -0.417. The molecule has 2 N–H and O–H groups in total. The second-order valence-electron chi connectivity index (χ2n) is 20.4. The maximum Gasteiger partial charge on any atom is 0.276 e. The molecule has 2 saturated heterocycles. The second-order valence-corrected chi connectivity index (χ2v) is 22.8. The topological polar surface area (TPSA) is 114 Å². The number of rotatable bonds is 19. The van der Waals surface area contributed by atoms with Crippen molar-refractivity contribution in [3.05, 3.63) is 310 Å². The first-order valence-electron chi connectivity index (χ1n) is 27.6. The Hall–Kier alpha value is -8.46. The molecule has 3 aliphatic heterocycles. The third-order valence-corrected chi connectivity index (χ3v) is 17.8. The van der Waals surface area contributed by atoms with E-state index < -0.39 is 34.6 Å². The van der Waals surface area contributed by atoms with E-state index in [1.807, 2.05) is 206 Å². The van der Waals surface area contributed by atoms with Crippen molar-refractivity contribution < 1.29 is 23.9 Å². The summed E-state index contributed by atoms with van der Waals surface area (Å²) in [4.78, 5) is 44.8. The molecule has 3 atom stereocenters. The number of thiocarbonyl (C=S) groups is 1. The molecule has 3 aliphatic rings. The molecule has 0 aliphatic carbocycles. The number of amides is 2. The van der Waals surface area contributed by atoms with E-state index in [9.17, 15) is 0 Å². The number of nitrogens with one attached hydrogen (secondary N) is 2. The molecular weight excluding hydrogens is 1070 g/mol. The van der Waals surface area contributed by atoms with E-state index in [4.69, 9.17) is 36.7 Å². The molecule has 4 heterocycles. The molecule has 2 fully saturated rings. The smallest absolute Gasteiger partial charge is 0.276 e. The predicted octanol–water partition coefficient (Wildman–Crippen LogP) is 14.0. The van der Waals surface area contributed by atoms with Crippen LogP contribution in [0.15, 0.2) is 264 Å². The number of aromatic nitrogens is 1. The Labute approximate surface area is 491 Å². The van der Waals surface area contributed by atoms with E-state index in [0.29, 0.717) is 29.6 Å². The minimum atomic E-state index is -1.34. The molecule has 8 aromatic carbocycles. The van der Waals surface area contributed by atoms with Crippen molar-refractivity contribution in [2.45, 2.75) is 60.4 Å². The highest BCUT2D eigenvalue weighted by Gasteiger charge is 2.54. The Bertz CT molecular complexity index is 3450. The van der Waals surface area contributed by atoms with Crippen LogP contribution in [-0.2, 0) is 35.0 Å². The quantitative estimate of drug-likeness (QED) is 0.0269. The zero-order chi connectivity index (χ0) is 55.7. The number of hydrogen-bond donors (Lipinski definition) is 2. The van der Waals surface area contributed by atoms with Crippen LogP contribution in [0.3, 0.4) is 0 Å². The van der Waals surface area contributed by atoms with Crippen molar-refractivity contribution >= 4 is 63.0 Å². The standard InChI is InChI=1S/C69H59N5O5S3/c75-63(71-60-64(76)74-61(50(46-81-65(60)74)45-57-43-25-26-44-77-57)66(80)78-62(48-27-9-1-10-28-48)49-29-11-2-12-30-49)59(73-79-69(54-37-19-6-20-38-54,55-39-21-7-22-40-55)56-41-23-8-24-42-56)58-47-82-67(70-58)72-68(51-31-13-3-14-32-51,52-33-15-4-16-34-52)53-35-17-5-18-36-53/h1-24,27-42,47,57,60,62,65H,25-26,43-46H2,(H,70,72)(H,71,75)/b73-59-/t57?,60?,65-/m1/s1. The van der Waals surface area contributed by atoms with Gasteiger partial charge in [0.1, 0.15) is 28.8 Å². The fourth-order valence-electron chi connectivity index (χ4n) is 11.4. The van der Waals surface area contributed by atoms with Crippen molar-refractivity contribution in [1.82, 2.24) is 15.2 Å². The van der Waals surface area contributed by atoms with Gasteiger partial charge in [0.25, 0.3) is 11.8 Å². The lowest BCUT2D eigenvalue weighted by molar-refractivity contribution is -0.144. The second kappa shape index (κ2) is 24.7. The van der Waals surface area contributed by atoms with Gasteiger partial charge in [0, 0.05) is 34.4 Å². The first-order valence-corrected chi connectivity index (χ1v) is 30.0. The maximum atomic E-state index is 15.6. The number of β-lactam (4-membered cyclic amide) rings is 1. The van der Waals surface area contributed by atoms with E-state index in [-0.39, 0.29) is 28.5 Å². The molecule has 408 valence electrons. The van der Waals surface area contributed by atoms with Crippen LogP contribution in [0.2, 0.25) is 0 Å². The van der Waals surface area contributed by atoms with Crippen molar-refractivity contribution in [3.63, 3.8) is 0 Å². The van der Waals surface area contributed by atoms with Crippen molar-refractivity contribution in [3.8, 4) is 0 Å². The number of anilines is 1. The van der Waals surface area contributed by atoms with Crippen LogP contribution >= 0.6 is 35.3 Å². The third kappa shape index (κ3) is 10.9. The zero-order valence-corrected chi connectivity index (χ0v) is 47.3. The largest absolute Gasteiger partial charge is 0.469 e. The van der Waals surface area contributed by atoms with Gasteiger partial charge in [-0.15, -0.1) is 23.1 Å². The van der Waals surface area contributed by atoms with Crippen LogP contribution in [0.5, 0.6) is 0 Å². The summed E-state index contributed by atoms with van der Waals surface area (Å²) in [6.45, 7) is 0.687. The van der Waals surface area contributed by atoms with Gasteiger partial charge in [-0.05, 0) is 71.3 Å². The van der Waals surface area contributed by atoms with E-state index in [1.54, 1.807) is 22.0 Å². The Morgan fingerprint density at radius 1 is 0.659 bits per heavy atom. The van der Waals surface area contributed by atoms with Crippen LogP contribution in [0, 0.1) is 0 Å². The first-order chi connectivity index (χ1) is 40.4. The highest BCUT2D eigenvalue weighted by Crippen LogP contribution is 2.46. The van der Waals surface area contributed by atoms with Gasteiger partial charge in [-0.1, -0.05) is 248 Å². The highest BCUT2D eigenvalue weighted by molar-refractivity contribution is 8.00. The molecule has 82 heavy (non-hydrogen) atoms. The van der Waals surface area contributed by atoms with Gasteiger partial charge >= 0.3 is 0 Å². The summed E-state index contributed by atoms with van der Waals surface area (Å²) >= 11 is 9.23. The van der Waals surface area contributed by atoms with Gasteiger partial charge in [-0.3, -0.25) is 14.5 Å². The Morgan fingerprint density at radius 3 is 1.59 bits per heavy atom. The van der Waals surface area contributed by atoms with Gasteiger partial charge in [0.2, 0.25) is 10.7 Å². The van der Waals surface area contributed by atoms with Crippen molar-refractivity contribution in [2.24, 2.45) is 5.16 Å². The fourth-order valence-corrected chi connectivity index (χ4v) is 13.9. The van der Waals surface area contributed by atoms with Crippen molar-refractivity contribution in [2.75, 3.05) is 17.7 Å². The predicted molar refractivity (Wildman–Crippen MR) is 330 cm³/mol. The van der Waals surface area contributed by atoms with Crippen LogP contribution in [0.4, 0.5) is 5.13 Å². The number of thioether (sulfide) groups is 1. The molecule has 9 aromatic rings. The van der Waals surface area contributed by atoms with Gasteiger partial charge in [-0.25, -0.2) is 4.98 Å². The number of hydrogen-bond acceptors (Lipinski definition) is 11. The molecule has 12 rings (SSSR count). The molecule has 0 radical (unpaired) electrons. The number of fused-ring (bicyclic) bond motifs is 1. The average Bonchev–Trinajstić information content (AvgIpc) is 3.63. The number of carbonyl (C=O) groups excluding carboxylic acids is 2. The molecule has 0 saturated carbocycles. The van der Waals surface area contributed by atoms with E-state index in [0.717, 1.165) is 69.3 Å². The monoisotopic (exact) mass is 1130 g/mol. The Morgan fingerprint density at radius 2 is 1.12 bits per heavy atom. The van der Waals surface area contributed by atoms with E-state index >= 15 is 9.59 Å². The van der Waals surface area contributed by atoms with Crippen LogP contribution in [-0.4, -0.2) is 62.3 Å². The SMILES string of the molecule is O=C(NC1C(=O)N2C(C(=S)OC(c3ccccc3)c3ccccc3)=C(CC3CCCCO3)CS[C@H]12)/C(=N\OC(c1ccccc1)(c1ccccc1)c1ccccc1)c1csc(NC(c2ccccc2)(c2ccccc2)c2ccccc2)n1. The third-order valence-electron chi connectivity index (χ3n) is 15.4. The maximum absolute atomic E-state index is 15.6. The number of carbonyl (C=O) groups is 2. The molecule has 0 spiro atoms. The van der Waals surface area contributed by atoms with Crippen LogP contribution in [0.25, 0.3) is 0 Å². The summed E-state index contributed by atoms with van der Waals surface area (Å²) in [7, 11) is 0. The Kier molecular flexibility index (Phi) is 16.3. The number of ether oxygens (including phenoxy) is 2. The summed E-state index contributed by atoms with van der Waals surface area (Å²) in [5, 5.41) is 14.0. The van der Waals surface area contributed by atoms with E-state index in [1.165, 1.54) is 11.3 Å². The zero-order valence-electron chi connectivity index (χ0n) is 44.8. The fraction of sp³-hybridized carbons (Fsp3) is 0.174. The molecule has 10 nitrogen and oxygen atoms in total. The number of nitrogens with zero attached hydrogens (tertiary/aromatic N) is 3. The molecule has 2 amide bonds. The van der Waals surface area contributed by atoms with E-state index in [2.05, 4.69) is 47.0 Å². The molecule has 0 bridgehead atoms. The number of benzene rings is 8. The molecular formula is C69H59N5O5S3. The summed E-state index contributed by atoms with van der Waals surface area (Å²) in [6.07, 6.45) is 3.02. The first kappa shape index (κ1) is 54.1. The lowest BCUT2D eigenvalue weighted by Gasteiger charge is -2.50. The van der Waals surface area contributed by atoms with Gasteiger partial charge in [-0.2, -0.15) is 0 Å². The number of thiazole rings is 1. The Balaban J connectivity index is 0.932. The summed E-state index contributed by atoms with van der Waals surface area (Å²) in [6, 6.07) is 79.3. The number of oxime groups is 1. The average molecular weight is 1130 g/mol. The summed E-state index contributed by atoms with van der Waals surface area (Å²) < 4.78 is 13.2. The van der Waals surface area contributed by atoms with Crippen LogP contribution in [0.1, 0.15) is 82.0 Å². The normalized spacial score (nSPS) is 17.3. The lowest BCUT2D eigenvalue weighted by Crippen LogP contribution is -2.71. The minimum absolute atomic E-state index is 0.0195. The highest BCUT2D eigenvalue weighted by atomic mass is 32.2. The van der Waals surface area contributed by atoms with Gasteiger partial charge < -0.3 is 24.9 Å². The molecule has 2 unspecified atom stereocenters.